The van der Waals surface area contributed by atoms with Crippen molar-refractivity contribution < 1.29 is 22.9 Å². The normalized spacial score (nSPS) is 18.2. The van der Waals surface area contributed by atoms with E-state index in [1.165, 1.54) is 24.3 Å². The van der Waals surface area contributed by atoms with E-state index in [2.05, 4.69) is 10.2 Å². The van der Waals surface area contributed by atoms with Crippen molar-refractivity contribution in [3.05, 3.63) is 75.7 Å². The van der Waals surface area contributed by atoms with Crippen LogP contribution >= 0.6 is 11.6 Å². The van der Waals surface area contributed by atoms with Gasteiger partial charge in [-0.25, -0.2) is 17.3 Å². The first-order valence-corrected chi connectivity index (χ1v) is 15.6. The summed E-state index contributed by atoms with van der Waals surface area (Å²) >= 11 is 6.48. The quantitative estimate of drug-likeness (QED) is 0.388. The van der Waals surface area contributed by atoms with Crippen molar-refractivity contribution in [1.82, 2.24) is 24.3 Å². The van der Waals surface area contributed by atoms with Gasteiger partial charge in [0.25, 0.3) is 5.91 Å². The number of carbonyl (C=O) groups excluding carboxylic acids is 1. The Balaban J connectivity index is 1.37. The van der Waals surface area contributed by atoms with E-state index in [0.29, 0.717) is 80.4 Å². The number of likely N-dealkylation sites (tertiary alicyclic amines) is 1. The molecule has 3 heterocycles. The van der Waals surface area contributed by atoms with E-state index >= 15 is 0 Å². The molecule has 1 fully saturated rings. The van der Waals surface area contributed by atoms with Gasteiger partial charge in [-0.3, -0.25) is 9.48 Å². The molecule has 220 valence electrons. The van der Waals surface area contributed by atoms with Crippen LogP contribution in [0, 0.1) is 5.82 Å². The van der Waals surface area contributed by atoms with Crippen LogP contribution in [-0.2, 0) is 37.0 Å². The van der Waals surface area contributed by atoms with Gasteiger partial charge in [0, 0.05) is 79.4 Å². The molecule has 0 saturated carbocycles. The Kier molecular flexibility index (Phi) is 9.50. The van der Waals surface area contributed by atoms with Gasteiger partial charge in [-0.05, 0) is 54.8 Å². The minimum atomic E-state index is -1.15. The molecule has 2 aliphatic heterocycles. The number of alkyl halides is 1. The van der Waals surface area contributed by atoms with Crippen molar-refractivity contribution in [2.75, 3.05) is 32.4 Å². The van der Waals surface area contributed by atoms with E-state index in [9.17, 15) is 22.9 Å². The first kappa shape index (κ1) is 29.8. The number of aromatic nitrogens is 2. The van der Waals surface area contributed by atoms with Gasteiger partial charge in [0.2, 0.25) is 0 Å². The maximum absolute atomic E-state index is 13.5. The van der Waals surface area contributed by atoms with Crippen molar-refractivity contribution in [3.8, 4) is 11.3 Å². The maximum Gasteiger partial charge on any atom is 0.251 e. The first-order valence-electron chi connectivity index (χ1n) is 13.7. The lowest BCUT2D eigenvalue weighted by molar-refractivity contribution is 0.0685. The molecule has 2 unspecified atom stereocenters. The van der Waals surface area contributed by atoms with Gasteiger partial charge >= 0.3 is 0 Å². The smallest absolute Gasteiger partial charge is 0.251 e. The maximum atomic E-state index is 13.5. The summed E-state index contributed by atoms with van der Waals surface area (Å²) in [5, 5.41) is 19.1. The van der Waals surface area contributed by atoms with E-state index in [-0.39, 0.29) is 12.5 Å². The number of nitrogens with zero attached hydrogens (tertiary/aromatic N) is 4. The number of carbonyl (C=O) groups is 1. The van der Waals surface area contributed by atoms with E-state index < -0.39 is 29.1 Å². The van der Waals surface area contributed by atoms with Crippen LogP contribution in [0.1, 0.15) is 40.0 Å². The van der Waals surface area contributed by atoms with Gasteiger partial charge in [-0.15, -0.1) is 0 Å². The highest BCUT2D eigenvalue weighted by Gasteiger charge is 2.29. The fourth-order valence-corrected chi connectivity index (χ4v) is 6.29. The molecule has 0 bridgehead atoms. The Bertz CT molecular complexity index is 1410. The van der Waals surface area contributed by atoms with Gasteiger partial charge in [-0.2, -0.15) is 5.10 Å². The van der Waals surface area contributed by atoms with Gasteiger partial charge in [-0.1, -0.05) is 17.7 Å². The summed E-state index contributed by atoms with van der Waals surface area (Å²) in [6.45, 7) is 3.22. The van der Waals surface area contributed by atoms with Crippen molar-refractivity contribution >= 4 is 28.5 Å². The molecule has 8 nitrogen and oxygen atoms in total. The molecule has 2 aliphatic rings. The number of aliphatic hydroxyl groups is 1. The number of amides is 1. The summed E-state index contributed by atoms with van der Waals surface area (Å²) < 4.78 is 42.8. The zero-order valence-electron chi connectivity index (χ0n) is 22.9. The number of rotatable bonds is 9. The summed E-state index contributed by atoms with van der Waals surface area (Å²) in [6.07, 6.45) is 1.82. The van der Waals surface area contributed by atoms with Crippen molar-refractivity contribution in [3.63, 3.8) is 0 Å². The average Bonchev–Trinajstić information content (AvgIpc) is 3.31. The Labute approximate surface area is 245 Å². The molecular weight excluding hydrogens is 572 g/mol. The fraction of sp³-hybridized carbons (Fsp3) is 0.448. The highest BCUT2D eigenvalue weighted by atomic mass is 35.5. The summed E-state index contributed by atoms with van der Waals surface area (Å²) in [4.78, 5) is 14.7. The molecule has 0 spiro atoms. The monoisotopic (exact) mass is 605 g/mol. The highest BCUT2D eigenvalue weighted by molar-refractivity contribution is 7.81. The van der Waals surface area contributed by atoms with Crippen LogP contribution in [0.3, 0.4) is 0 Å². The predicted octanol–water partition coefficient (Wildman–Crippen LogP) is 3.72. The summed E-state index contributed by atoms with van der Waals surface area (Å²) in [5.41, 5.74) is 4.46. The number of benzene rings is 2. The minimum Gasteiger partial charge on any atom is -0.390 e. The molecule has 41 heavy (non-hydrogen) atoms. The molecule has 2 aromatic carbocycles. The van der Waals surface area contributed by atoms with Crippen molar-refractivity contribution in [2.24, 2.45) is 0 Å². The standard InChI is InChI=1S/C29H34ClF2N5O3S/c1-41(40)36-13-10-27-25(18-36)28(34-37(27)17-24(38)16-35-11-8-23(32)9-12-35)20-4-7-26(30)21(14-20)15-33-29(39)19-2-5-22(31)6-3-19/h2-7,14,23-24,38H,8-13,15-18H2,1H3,(H,33,39). The molecule has 1 amide bonds. The number of nitrogens with one attached hydrogen (secondary N) is 1. The number of β-amino-alcohol motifs (C(OH)–C–C–N with tert-alkyl or cyclic N) is 1. The van der Waals surface area contributed by atoms with Crippen LogP contribution in [0.15, 0.2) is 42.5 Å². The molecule has 5 rings (SSSR count). The predicted molar refractivity (Wildman–Crippen MR) is 155 cm³/mol. The lowest BCUT2D eigenvalue weighted by Crippen LogP contribution is -2.41. The molecular formula is C29H34ClF2N5O3S. The lowest BCUT2D eigenvalue weighted by Gasteiger charge is -2.30. The van der Waals surface area contributed by atoms with Crippen LogP contribution in [-0.4, -0.2) is 78.9 Å². The molecule has 3 aromatic rings. The van der Waals surface area contributed by atoms with Gasteiger partial charge in [0.1, 0.15) is 12.0 Å². The van der Waals surface area contributed by atoms with E-state index in [1.807, 2.05) is 21.1 Å². The van der Waals surface area contributed by atoms with Gasteiger partial charge in [0.05, 0.1) is 29.3 Å². The summed E-state index contributed by atoms with van der Waals surface area (Å²) in [7, 11) is -1.15. The zero-order valence-corrected chi connectivity index (χ0v) is 24.4. The molecule has 1 saturated heterocycles. The van der Waals surface area contributed by atoms with Gasteiger partial charge < -0.3 is 15.3 Å². The molecule has 12 heteroatoms. The molecule has 0 aliphatic carbocycles. The second kappa shape index (κ2) is 13.1. The Morgan fingerprint density at radius 2 is 1.90 bits per heavy atom. The molecule has 0 radical (unpaired) electrons. The zero-order chi connectivity index (χ0) is 29.1. The highest BCUT2D eigenvalue weighted by Crippen LogP contribution is 2.33. The van der Waals surface area contributed by atoms with Crippen LogP contribution in [0.4, 0.5) is 8.78 Å². The number of hydrogen-bond donors (Lipinski definition) is 2. The fourth-order valence-electron chi connectivity index (χ4n) is 5.44. The van der Waals surface area contributed by atoms with Crippen LogP contribution in [0.25, 0.3) is 11.3 Å². The molecule has 2 atom stereocenters. The molecule has 1 aromatic heterocycles. The van der Waals surface area contributed by atoms with Crippen molar-refractivity contribution in [2.45, 2.75) is 51.2 Å². The van der Waals surface area contributed by atoms with E-state index in [1.54, 1.807) is 12.3 Å². The number of halogens is 3. The third-order valence-electron chi connectivity index (χ3n) is 7.70. The average molecular weight is 606 g/mol. The lowest BCUT2D eigenvalue weighted by atomic mass is 10.0. The number of fused-ring (bicyclic) bond motifs is 1. The minimum absolute atomic E-state index is 0.158. The second-order valence-electron chi connectivity index (χ2n) is 10.6. The Morgan fingerprint density at radius 3 is 2.61 bits per heavy atom. The number of hydrogen-bond acceptors (Lipinski definition) is 5. The Hall–Kier alpha value is -2.70. The first-order chi connectivity index (χ1) is 19.7. The molecule has 2 N–H and O–H groups in total. The number of aliphatic hydroxyl groups excluding tert-OH is 1. The van der Waals surface area contributed by atoms with E-state index in [4.69, 9.17) is 16.7 Å². The largest absolute Gasteiger partial charge is 0.390 e. The summed E-state index contributed by atoms with van der Waals surface area (Å²) in [6, 6.07) is 10.8. The third kappa shape index (κ3) is 7.21. The van der Waals surface area contributed by atoms with Gasteiger partial charge in [0.15, 0.2) is 0 Å². The van der Waals surface area contributed by atoms with Crippen LogP contribution in [0.2, 0.25) is 5.02 Å². The topological polar surface area (TPSA) is 90.7 Å². The van der Waals surface area contributed by atoms with Crippen LogP contribution < -0.4 is 5.32 Å². The van der Waals surface area contributed by atoms with Crippen molar-refractivity contribution in [1.29, 1.82) is 0 Å². The SMILES string of the molecule is CS(=O)N1CCc2c(c(-c3ccc(Cl)c(CNC(=O)c4ccc(F)cc4)c3)nn2CC(O)CN2CCC(F)CC2)C1. The Morgan fingerprint density at radius 1 is 1.17 bits per heavy atom. The van der Waals surface area contributed by atoms with Crippen LogP contribution in [0.5, 0.6) is 0 Å². The summed E-state index contributed by atoms with van der Waals surface area (Å²) in [5.74, 6) is -0.765. The second-order valence-corrected chi connectivity index (χ2v) is 12.4. The van der Waals surface area contributed by atoms with E-state index in [0.717, 1.165) is 16.8 Å². The third-order valence-corrected chi connectivity index (χ3v) is 9.10. The number of piperidine rings is 1.